The zero-order chi connectivity index (χ0) is 11.4. The fourth-order valence-corrected chi connectivity index (χ4v) is 2.19. The van der Waals surface area contributed by atoms with E-state index < -0.39 is 0 Å². The molecule has 1 aliphatic heterocycles. The minimum atomic E-state index is 0.246. The molecule has 0 N–H and O–H groups in total. The summed E-state index contributed by atoms with van der Waals surface area (Å²) >= 11 is 0. The fourth-order valence-electron chi connectivity index (χ4n) is 2.19. The van der Waals surface area contributed by atoms with Gasteiger partial charge in [0.2, 0.25) is 5.91 Å². The Morgan fingerprint density at radius 1 is 1.38 bits per heavy atom. The van der Waals surface area contributed by atoms with E-state index in [0.29, 0.717) is 6.42 Å². The van der Waals surface area contributed by atoms with Crippen LogP contribution in [-0.2, 0) is 11.2 Å². The lowest BCUT2D eigenvalue weighted by molar-refractivity contribution is -0.128. The van der Waals surface area contributed by atoms with Gasteiger partial charge in [-0.25, -0.2) is 0 Å². The Morgan fingerprint density at radius 2 is 2.12 bits per heavy atom. The normalized spacial score (nSPS) is 20.1. The molecule has 1 fully saturated rings. The smallest absolute Gasteiger partial charge is 0.223 e. The van der Waals surface area contributed by atoms with Crippen molar-refractivity contribution in [2.45, 2.75) is 25.3 Å². The average Bonchev–Trinajstić information content (AvgIpc) is 2.69. The Morgan fingerprint density at radius 3 is 2.81 bits per heavy atom. The van der Waals surface area contributed by atoms with Gasteiger partial charge < -0.3 is 4.90 Å². The SMILES string of the molecule is C=CC1CCC(=O)N1CCc1ccccc1. The standard InChI is InChI=1S/C14H17NO/c1-2-13-8-9-14(16)15(13)11-10-12-6-4-3-5-7-12/h2-7,13H,1,8-11H2. The Balaban J connectivity index is 1.94. The van der Waals surface area contributed by atoms with Crippen LogP contribution in [0.2, 0.25) is 0 Å². The second-order valence-electron chi connectivity index (χ2n) is 4.16. The van der Waals surface area contributed by atoms with Crippen molar-refractivity contribution in [1.82, 2.24) is 4.90 Å². The summed E-state index contributed by atoms with van der Waals surface area (Å²) in [5.74, 6) is 0.265. The van der Waals surface area contributed by atoms with Crippen LogP contribution in [0.3, 0.4) is 0 Å². The van der Waals surface area contributed by atoms with Crippen molar-refractivity contribution < 1.29 is 4.79 Å². The van der Waals surface area contributed by atoms with Crippen LogP contribution in [0.15, 0.2) is 43.0 Å². The zero-order valence-electron chi connectivity index (χ0n) is 9.43. The zero-order valence-corrected chi connectivity index (χ0v) is 9.43. The van der Waals surface area contributed by atoms with Crippen LogP contribution >= 0.6 is 0 Å². The molecular formula is C14H17NO. The third-order valence-corrected chi connectivity index (χ3v) is 3.13. The summed E-state index contributed by atoms with van der Waals surface area (Å²) in [5, 5.41) is 0. The Bertz CT molecular complexity index is 372. The lowest BCUT2D eigenvalue weighted by Gasteiger charge is -2.22. The number of hydrogen-bond acceptors (Lipinski definition) is 1. The summed E-state index contributed by atoms with van der Waals surface area (Å²) in [4.78, 5) is 13.6. The van der Waals surface area contributed by atoms with E-state index in [2.05, 4.69) is 18.7 Å². The van der Waals surface area contributed by atoms with Crippen LogP contribution in [0.4, 0.5) is 0 Å². The Hall–Kier alpha value is -1.57. The van der Waals surface area contributed by atoms with Gasteiger partial charge in [-0.2, -0.15) is 0 Å². The summed E-state index contributed by atoms with van der Waals surface area (Å²) in [6, 6.07) is 10.5. The van der Waals surface area contributed by atoms with Crippen LogP contribution < -0.4 is 0 Å². The molecule has 0 aromatic heterocycles. The van der Waals surface area contributed by atoms with E-state index >= 15 is 0 Å². The number of rotatable bonds is 4. The first-order chi connectivity index (χ1) is 7.81. The number of nitrogens with zero attached hydrogens (tertiary/aromatic N) is 1. The average molecular weight is 215 g/mol. The highest BCUT2D eigenvalue weighted by atomic mass is 16.2. The lowest BCUT2D eigenvalue weighted by atomic mass is 10.1. The summed E-state index contributed by atoms with van der Waals surface area (Å²) < 4.78 is 0. The number of likely N-dealkylation sites (tertiary alicyclic amines) is 1. The van der Waals surface area contributed by atoms with Gasteiger partial charge in [-0.3, -0.25) is 4.79 Å². The molecule has 1 aromatic carbocycles. The van der Waals surface area contributed by atoms with Gasteiger partial charge in [0.15, 0.2) is 0 Å². The van der Waals surface area contributed by atoms with Crippen LogP contribution in [0.5, 0.6) is 0 Å². The summed E-state index contributed by atoms with van der Waals surface area (Å²) in [5.41, 5.74) is 1.28. The molecule has 2 rings (SSSR count). The van der Waals surface area contributed by atoms with Crippen molar-refractivity contribution in [3.63, 3.8) is 0 Å². The minimum absolute atomic E-state index is 0.246. The van der Waals surface area contributed by atoms with E-state index in [9.17, 15) is 4.79 Å². The molecule has 84 valence electrons. The van der Waals surface area contributed by atoms with Gasteiger partial charge in [0.1, 0.15) is 0 Å². The van der Waals surface area contributed by atoms with Crippen LogP contribution in [-0.4, -0.2) is 23.4 Å². The van der Waals surface area contributed by atoms with Gasteiger partial charge in [0, 0.05) is 13.0 Å². The highest BCUT2D eigenvalue weighted by Gasteiger charge is 2.27. The summed E-state index contributed by atoms with van der Waals surface area (Å²) in [6.45, 7) is 4.59. The van der Waals surface area contributed by atoms with E-state index in [1.54, 1.807) is 0 Å². The van der Waals surface area contributed by atoms with Crippen molar-refractivity contribution in [3.8, 4) is 0 Å². The Kier molecular flexibility index (Phi) is 3.40. The molecule has 0 radical (unpaired) electrons. The first kappa shape index (κ1) is 10.9. The molecule has 0 saturated carbocycles. The maximum atomic E-state index is 11.6. The largest absolute Gasteiger partial charge is 0.336 e. The quantitative estimate of drug-likeness (QED) is 0.706. The molecule has 1 amide bonds. The number of carbonyl (C=O) groups is 1. The van der Waals surface area contributed by atoms with Crippen LogP contribution in [0, 0.1) is 0 Å². The summed E-state index contributed by atoms with van der Waals surface area (Å²) in [6.07, 6.45) is 4.41. The van der Waals surface area contributed by atoms with Crippen LogP contribution in [0.25, 0.3) is 0 Å². The highest BCUT2D eigenvalue weighted by Crippen LogP contribution is 2.19. The van der Waals surface area contributed by atoms with E-state index in [1.165, 1.54) is 5.56 Å². The van der Waals surface area contributed by atoms with Crippen molar-refractivity contribution in [3.05, 3.63) is 48.6 Å². The molecule has 0 aliphatic carbocycles. The molecule has 2 heteroatoms. The van der Waals surface area contributed by atoms with E-state index in [0.717, 1.165) is 19.4 Å². The molecule has 1 aliphatic rings. The van der Waals surface area contributed by atoms with E-state index in [-0.39, 0.29) is 11.9 Å². The predicted molar refractivity (Wildman–Crippen MR) is 65.1 cm³/mol. The minimum Gasteiger partial charge on any atom is -0.336 e. The molecular weight excluding hydrogens is 198 g/mol. The lowest BCUT2D eigenvalue weighted by Crippen LogP contribution is -2.33. The molecule has 1 atom stereocenters. The molecule has 16 heavy (non-hydrogen) atoms. The maximum Gasteiger partial charge on any atom is 0.223 e. The van der Waals surface area contributed by atoms with Gasteiger partial charge in [-0.05, 0) is 18.4 Å². The molecule has 0 bridgehead atoms. The maximum absolute atomic E-state index is 11.6. The number of hydrogen-bond donors (Lipinski definition) is 0. The van der Waals surface area contributed by atoms with Crippen LogP contribution in [0.1, 0.15) is 18.4 Å². The molecule has 1 saturated heterocycles. The summed E-state index contributed by atoms with van der Waals surface area (Å²) in [7, 11) is 0. The van der Waals surface area contributed by atoms with Crippen molar-refractivity contribution in [1.29, 1.82) is 0 Å². The number of carbonyl (C=O) groups excluding carboxylic acids is 1. The topological polar surface area (TPSA) is 20.3 Å². The molecule has 0 spiro atoms. The molecule has 1 unspecified atom stereocenters. The van der Waals surface area contributed by atoms with Gasteiger partial charge in [-0.15, -0.1) is 6.58 Å². The third kappa shape index (κ3) is 2.32. The molecule has 2 nitrogen and oxygen atoms in total. The Labute approximate surface area is 96.6 Å². The second kappa shape index (κ2) is 4.97. The van der Waals surface area contributed by atoms with E-state index in [1.807, 2.05) is 29.2 Å². The van der Waals surface area contributed by atoms with Crippen molar-refractivity contribution >= 4 is 5.91 Å². The van der Waals surface area contributed by atoms with Crippen molar-refractivity contribution in [2.24, 2.45) is 0 Å². The number of benzene rings is 1. The van der Waals surface area contributed by atoms with Gasteiger partial charge in [-0.1, -0.05) is 36.4 Å². The monoisotopic (exact) mass is 215 g/mol. The van der Waals surface area contributed by atoms with Crippen molar-refractivity contribution in [2.75, 3.05) is 6.54 Å². The predicted octanol–water partition coefficient (Wildman–Crippen LogP) is 2.41. The highest BCUT2D eigenvalue weighted by molar-refractivity contribution is 5.79. The molecule has 1 aromatic rings. The fraction of sp³-hybridized carbons (Fsp3) is 0.357. The van der Waals surface area contributed by atoms with Gasteiger partial charge in [0.25, 0.3) is 0 Å². The van der Waals surface area contributed by atoms with Gasteiger partial charge >= 0.3 is 0 Å². The number of amides is 1. The first-order valence-corrected chi connectivity index (χ1v) is 5.77. The second-order valence-corrected chi connectivity index (χ2v) is 4.16. The third-order valence-electron chi connectivity index (χ3n) is 3.13. The van der Waals surface area contributed by atoms with E-state index in [4.69, 9.17) is 0 Å². The first-order valence-electron chi connectivity index (χ1n) is 5.77. The molecule has 1 heterocycles. The van der Waals surface area contributed by atoms with Gasteiger partial charge in [0.05, 0.1) is 6.04 Å².